The van der Waals surface area contributed by atoms with Crippen LogP contribution < -0.4 is 20.3 Å². The maximum Gasteiger partial charge on any atom is 0.410 e. The summed E-state index contributed by atoms with van der Waals surface area (Å²) in [6, 6.07) is 15.6. The average molecular weight is 606 g/mol. The van der Waals surface area contributed by atoms with E-state index in [2.05, 4.69) is 32.1 Å². The summed E-state index contributed by atoms with van der Waals surface area (Å²) in [6.45, 7) is 13.0. The van der Waals surface area contributed by atoms with E-state index >= 15 is 0 Å². The highest BCUT2D eigenvalue weighted by Crippen LogP contribution is 2.30. The lowest BCUT2D eigenvalue weighted by Crippen LogP contribution is -2.56. The van der Waals surface area contributed by atoms with Gasteiger partial charge >= 0.3 is 6.09 Å². The second-order valence-corrected chi connectivity index (χ2v) is 11.8. The molecule has 226 valence electrons. The van der Waals surface area contributed by atoms with E-state index in [1.807, 2.05) is 69.3 Å². The van der Waals surface area contributed by atoms with Gasteiger partial charge < -0.3 is 34.8 Å². The molecule has 1 aromatic heterocycles. The highest BCUT2D eigenvalue weighted by atomic mass is 35.5. The molecule has 0 aliphatic carbocycles. The van der Waals surface area contributed by atoms with Crippen molar-refractivity contribution in [3.8, 4) is 11.6 Å². The molecular formula is C31H36ClN7O4. The number of carbonyl (C=O) groups excluding carboxylic acids is 2. The highest BCUT2D eigenvalue weighted by Gasteiger charge is 2.29. The van der Waals surface area contributed by atoms with Gasteiger partial charge in [-0.3, -0.25) is 4.79 Å². The van der Waals surface area contributed by atoms with Gasteiger partial charge in [0.25, 0.3) is 0 Å². The quantitative estimate of drug-likeness (QED) is 0.320. The fourth-order valence-electron chi connectivity index (χ4n) is 4.72. The van der Waals surface area contributed by atoms with Gasteiger partial charge in [0.2, 0.25) is 17.7 Å². The molecule has 2 fully saturated rings. The molecule has 2 saturated heterocycles. The predicted octanol–water partition coefficient (Wildman–Crippen LogP) is 5.53. The molecule has 12 heteroatoms. The van der Waals surface area contributed by atoms with Crippen molar-refractivity contribution in [2.75, 3.05) is 54.8 Å². The van der Waals surface area contributed by atoms with Crippen LogP contribution in [-0.2, 0) is 9.53 Å². The molecule has 3 aromatic rings. The zero-order valence-corrected chi connectivity index (χ0v) is 25.3. The Morgan fingerprint density at radius 2 is 1.74 bits per heavy atom. The Hall–Kier alpha value is -4.51. The monoisotopic (exact) mass is 605 g/mol. The third kappa shape index (κ3) is 7.86. The van der Waals surface area contributed by atoms with E-state index in [4.69, 9.17) is 21.1 Å². The molecule has 0 saturated carbocycles. The number of likely N-dealkylation sites (tertiary alicyclic amines) is 1. The zero-order chi connectivity index (χ0) is 30.6. The minimum atomic E-state index is -0.505. The smallest absolute Gasteiger partial charge is 0.410 e. The van der Waals surface area contributed by atoms with Crippen LogP contribution in [0.4, 0.5) is 27.8 Å². The molecule has 0 unspecified atom stereocenters. The van der Waals surface area contributed by atoms with Crippen molar-refractivity contribution in [1.29, 1.82) is 0 Å². The van der Waals surface area contributed by atoms with Crippen molar-refractivity contribution < 1.29 is 19.1 Å². The Morgan fingerprint density at radius 3 is 2.42 bits per heavy atom. The predicted molar refractivity (Wildman–Crippen MR) is 167 cm³/mol. The van der Waals surface area contributed by atoms with Crippen molar-refractivity contribution in [1.82, 2.24) is 19.8 Å². The first kappa shape index (κ1) is 30.0. The molecule has 2 N–H and O–H groups in total. The van der Waals surface area contributed by atoms with Gasteiger partial charge in [-0.05, 0) is 63.2 Å². The van der Waals surface area contributed by atoms with Gasteiger partial charge in [0, 0.05) is 62.4 Å². The average Bonchev–Trinajstić information content (AvgIpc) is 2.96. The summed E-state index contributed by atoms with van der Waals surface area (Å²) >= 11 is 6.36. The third-order valence-corrected chi connectivity index (χ3v) is 7.18. The number of anilines is 4. The van der Waals surface area contributed by atoms with E-state index in [-0.39, 0.29) is 28.9 Å². The summed E-state index contributed by atoms with van der Waals surface area (Å²) in [7, 11) is 0. The van der Waals surface area contributed by atoms with Gasteiger partial charge in [0.05, 0.1) is 12.2 Å². The van der Waals surface area contributed by atoms with Crippen LogP contribution in [0, 0.1) is 0 Å². The minimum Gasteiger partial charge on any atom is -0.444 e. The first-order valence-electron chi connectivity index (χ1n) is 14.1. The Morgan fingerprint density at radius 1 is 1.02 bits per heavy atom. The van der Waals surface area contributed by atoms with Crippen molar-refractivity contribution in [2.24, 2.45) is 0 Å². The lowest BCUT2D eigenvalue weighted by atomic mass is 10.1. The second kappa shape index (κ2) is 12.8. The third-order valence-electron chi connectivity index (χ3n) is 6.92. The van der Waals surface area contributed by atoms with Crippen molar-refractivity contribution >= 4 is 46.6 Å². The molecule has 11 nitrogen and oxygen atoms in total. The molecule has 2 aliphatic heterocycles. The number of rotatable bonds is 8. The minimum absolute atomic E-state index is 0.0657. The van der Waals surface area contributed by atoms with Crippen LogP contribution in [0.25, 0.3) is 0 Å². The van der Waals surface area contributed by atoms with E-state index in [9.17, 15) is 9.59 Å². The fourth-order valence-corrected chi connectivity index (χ4v) is 4.85. The van der Waals surface area contributed by atoms with Crippen molar-refractivity contribution in [3.63, 3.8) is 0 Å². The summed E-state index contributed by atoms with van der Waals surface area (Å²) < 4.78 is 11.5. The standard InChI is InChI=1S/C31H36ClN7O4/c1-5-27(40)39-19-23(20-39)34-22-7-6-8-25(17-22)42-28-26(32)18-33-29(36-28)35-21-9-11-24(12-10-21)37-13-15-38(16-14-37)30(41)43-31(2,3)4/h5-12,17-18,23,34H,1,13-16,19-20H2,2-4H3,(H,33,35,36). The zero-order valence-electron chi connectivity index (χ0n) is 24.5. The summed E-state index contributed by atoms with van der Waals surface area (Å²) in [5.41, 5.74) is 2.23. The van der Waals surface area contributed by atoms with E-state index in [0.29, 0.717) is 37.9 Å². The molecule has 0 radical (unpaired) electrons. The number of benzene rings is 2. The molecule has 2 aromatic carbocycles. The van der Waals surface area contributed by atoms with Crippen molar-refractivity contribution in [3.05, 3.63) is 72.4 Å². The van der Waals surface area contributed by atoms with Gasteiger partial charge in [-0.25, -0.2) is 9.78 Å². The van der Waals surface area contributed by atoms with Crippen LogP contribution in [0.2, 0.25) is 5.02 Å². The number of aromatic nitrogens is 2. The van der Waals surface area contributed by atoms with E-state index < -0.39 is 5.60 Å². The topological polar surface area (TPSA) is 112 Å². The van der Waals surface area contributed by atoms with Crippen LogP contribution in [0.3, 0.4) is 0 Å². The molecule has 2 amide bonds. The largest absolute Gasteiger partial charge is 0.444 e. The first-order chi connectivity index (χ1) is 20.6. The van der Waals surface area contributed by atoms with Gasteiger partial charge in [-0.15, -0.1) is 0 Å². The lowest BCUT2D eigenvalue weighted by molar-refractivity contribution is -0.129. The van der Waals surface area contributed by atoms with E-state index in [1.54, 1.807) is 9.80 Å². The molecule has 3 heterocycles. The number of hydrogen-bond donors (Lipinski definition) is 2. The highest BCUT2D eigenvalue weighted by molar-refractivity contribution is 6.31. The summed E-state index contributed by atoms with van der Waals surface area (Å²) in [5, 5.41) is 6.88. The Balaban J connectivity index is 1.15. The Kier molecular flexibility index (Phi) is 8.91. The van der Waals surface area contributed by atoms with E-state index in [1.165, 1.54) is 12.3 Å². The SMILES string of the molecule is C=CC(=O)N1CC(Nc2cccc(Oc3nc(Nc4ccc(N5CCN(C(=O)OC(C)(C)C)CC5)cc4)ncc3Cl)c2)C1. The number of nitrogens with zero attached hydrogens (tertiary/aromatic N) is 5. The summed E-state index contributed by atoms with van der Waals surface area (Å²) in [5.74, 6) is 1.06. The lowest BCUT2D eigenvalue weighted by Gasteiger charge is -2.39. The number of piperazine rings is 1. The number of nitrogens with one attached hydrogen (secondary N) is 2. The molecular weight excluding hydrogens is 570 g/mol. The Bertz CT molecular complexity index is 1460. The number of hydrogen-bond acceptors (Lipinski definition) is 9. The van der Waals surface area contributed by atoms with Crippen molar-refractivity contribution in [2.45, 2.75) is 32.4 Å². The number of halogens is 1. The number of carbonyl (C=O) groups is 2. The molecule has 2 aliphatic rings. The maximum atomic E-state index is 12.4. The van der Waals surface area contributed by atoms with Gasteiger partial charge in [0.15, 0.2) is 0 Å². The molecule has 43 heavy (non-hydrogen) atoms. The number of amides is 2. The van der Waals surface area contributed by atoms with Crippen LogP contribution in [-0.4, -0.2) is 82.7 Å². The van der Waals surface area contributed by atoms with Crippen LogP contribution >= 0.6 is 11.6 Å². The second-order valence-electron chi connectivity index (χ2n) is 11.4. The fraction of sp³-hybridized carbons (Fsp3) is 0.355. The summed E-state index contributed by atoms with van der Waals surface area (Å²) in [4.78, 5) is 38.5. The molecule has 5 rings (SSSR count). The molecule has 0 spiro atoms. The van der Waals surface area contributed by atoms with Gasteiger partial charge in [-0.1, -0.05) is 24.2 Å². The van der Waals surface area contributed by atoms with Crippen LogP contribution in [0.1, 0.15) is 20.8 Å². The van der Waals surface area contributed by atoms with Crippen LogP contribution in [0.5, 0.6) is 11.6 Å². The van der Waals surface area contributed by atoms with Crippen LogP contribution in [0.15, 0.2) is 67.4 Å². The van der Waals surface area contributed by atoms with E-state index in [0.717, 1.165) is 30.2 Å². The normalized spacial score (nSPS) is 15.4. The Labute approximate surface area is 256 Å². The first-order valence-corrected chi connectivity index (χ1v) is 14.5. The number of ether oxygens (including phenoxy) is 2. The maximum absolute atomic E-state index is 12.4. The molecule has 0 atom stereocenters. The molecule has 0 bridgehead atoms. The van der Waals surface area contributed by atoms with Gasteiger partial charge in [0.1, 0.15) is 16.4 Å². The van der Waals surface area contributed by atoms with Gasteiger partial charge in [-0.2, -0.15) is 4.98 Å². The summed E-state index contributed by atoms with van der Waals surface area (Å²) in [6.07, 6.45) is 2.55.